The Morgan fingerprint density at radius 3 is 1.28 bits per heavy atom. The van der Waals surface area contributed by atoms with Crippen LogP contribution in [0.25, 0.3) is 0 Å². The van der Waals surface area contributed by atoms with Crippen LogP contribution in [-0.2, 0) is 12.8 Å². The van der Waals surface area contributed by atoms with Crippen molar-refractivity contribution in [3.63, 3.8) is 0 Å². The summed E-state index contributed by atoms with van der Waals surface area (Å²) in [6.45, 7) is 14.1. The van der Waals surface area contributed by atoms with E-state index < -0.39 is 0 Å². The van der Waals surface area contributed by atoms with Gasteiger partial charge in [0, 0.05) is 0 Å². The van der Waals surface area contributed by atoms with Gasteiger partial charge < -0.3 is 0 Å². The molecule has 0 amide bonds. The molecule has 2 aromatic carbocycles. The van der Waals surface area contributed by atoms with Crippen LogP contribution in [-0.4, -0.2) is 0 Å². The summed E-state index contributed by atoms with van der Waals surface area (Å²) in [5, 5.41) is 0. The molecule has 0 saturated heterocycles. The molecule has 0 aliphatic heterocycles. The fourth-order valence-corrected chi connectivity index (χ4v) is 4.56. The van der Waals surface area contributed by atoms with Gasteiger partial charge >= 0.3 is 0 Å². The van der Waals surface area contributed by atoms with Crippen LogP contribution in [0.15, 0.2) is 48.5 Å². The summed E-state index contributed by atoms with van der Waals surface area (Å²) in [4.78, 5) is 0. The Labute approximate surface area is 181 Å². The fourth-order valence-electron chi connectivity index (χ4n) is 4.56. The Morgan fingerprint density at radius 1 is 0.517 bits per heavy atom. The summed E-state index contributed by atoms with van der Waals surface area (Å²) in [6.07, 6.45) is 9.22. The standard InChI is InChI=1S/C29H44/c1-22(2)28-16-9-7-14-26(28)20-18-24(5)12-11-13-25(6)19-21-27-15-8-10-17-29(27)23(3)4/h7-10,14-17,22-25H,11-13,18-21H2,1-6H3. The van der Waals surface area contributed by atoms with Gasteiger partial charge in [0.1, 0.15) is 0 Å². The molecule has 2 aromatic rings. The van der Waals surface area contributed by atoms with Crippen molar-refractivity contribution in [1.82, 2.24) is 0 Å². The second-order valence-corrected chi connectivity index (χ2v) is 9.93. The van der Waals surface area contributed by atoms with E-state index in [9.17, 15) is 0 Å². The molecule has 0 N–H and O–H groups in total. The third kappa shape index (κ3) is 8.00. The zero-order valence-corrected chi connectivity index (χ0v) is 19.9. The van der Waals surface area contributed by atoms with Gasteiger partial charge in [-0.1, -0.05) is 109 Å². The van der Waals surface area contributed by atoms with Crippen molar-refractivity contribution in [1.29, 1.82) is 0 Å². The molecule has 0 bridgehead atoms. The lowest BCUT2D eigenvalue weighted by Crippen LogP contribution is -2.04. The highest BCUT2D eigenvalue weighted by Crippen LogP contribution is 2.25. The van der Waals surface area contributed by atoms with Crippen LogP contribution in [0.4, 0.5) is 0 Å². The Kier molecular flexibility index (Phi) is 9.98. The summed E-state index contributed by atoms with van der Waals surface area (Å²) < 4.78 is 0. The van der Waals surface area contributed by atoms with Crippen LogP contribution in [0, 0.1) is 11.8 Å². The van der Waals surface area contributed by atoms with Gasteiger partial charge in [-0.3, -0.25) is 0 Å². The van der Waals surface area contributed by atoms with Crippen molar-refractivity contribution in [2.45, 2.75) is 98.3 Å². The Bertz CT molecular complexity index is 648. The van der Waals surface area contributed by atoms with Gasteiger partial charge in [-0.05, 0) is 71.6 Å². The minimum absolute atomic E-state index is 0.628. The summed E-state index contributed by atoms with van der Waals surface area (Å²) in [5.41, 5.74) is 6.20. The van der Waals surface area contributed by atoms with E-state index >= 15 is 0 Å². The molecule has 2 atom stereocenters. The van der Waals surface area contributed by atoms with Gasteiger partial charge in [0.25, 0.3) is 0 Å². The molecule has 0 saturated carbocycles. The maximum Gasteiger partial charge on any atom is -0.0216 e. The van der Waals surface area contributed by atoms with E-state index in [-0.39, 0.29) is 0 Å². The molecule has 0 spiro atoms. The third-order valence-electron chi connectivity index (χ3n) is 6.56. The normalized spacial score (nSPS) is 13.8. The first-order valence-electron chi connectivity index (χ1n) is 12.0. The van der Waals surface area contributed by atoms with Crippen LogP contribution in [0.3, 0.4) is 0 Å². The highest BCUT2D eigenvalue weighted by molar-refractivity contribution is 5.30. The lowest BCUT2D eigenvalue weighted by atomic mass is 9.88. The second-order valence-electron chi connectivity index (χ2n) is 9.93. The minimum Gasteiger partial charge on any atom is -0.0625 e. The molecule has 0 nitrogen and oxygen atoms in total. The van der Waals surface area contributed by atoms with Crippen molar-refractivity contribution in [2.24, 2.45) is 11.8 Å². The van der Waals surface area contributed by atoms with Gasteiger partial charge in [-0.25, -0.2) is 0 Å². The minimum atomic E-state index is 0.628. The van der Waals surface area contributed by atoms with E-state index in [1.165, 1.54) is 56.1 Å². The Balaban J connectivity index is 1.69. The SMILES string of the molecule is CC(CCCC(C)CCc1ccccc1C(C)C)CCc1ccccc1C(C)C. The van der Waals surface area contributed by atoms with Gasteiger partial charge in [0.05, 0.1) is 0 Å². The molecule has 0 heterocycles. The predicted molar refractivity (Wildman–Crippen MR) is 130 cm³/mol. The lowest BCUT2D eigenvalue weighted by Gasteiger charge is -2.17. The lowest BCUT2D eigenvalue weighted by molar-refractivity contribution is 0.411. The van der Waals surface area contributed by atoms with E-state index in [0.29, 0.717) is 11.8 Å². The number of hydrogen-bond donors (Lipinski definition) is 0. The molecule has 0 heteroatoms. The first-order valence-corrected chi connectivity index (χ1v) is 12.0. The van der Waals surface area contributed by atoms with Crippen molar-refractivity contribution < 1.29 is 0 Å². The molecule has 0 aliphatic rings. The smallest absolute Gasteiger partial charge is 0.0216 e. The molecular formula is C29H44. The molecule has 2 rings (SSSR count). The van der Waals surface area contributed by atoms with E-state index in [2.05, 4.69) is 90.1 Å². The van der Waals surface area contributed by atoms with Gasteiger partial charge in [-0.15, -0.1) is 0 Å². The monoisotopic (exact) mass is 392 g/mol. The van der Waals surface area contributed by atoms with Crippen molar-refractivity contribution in [3.05, 3.63) is 70.8 Å². The highest BCUT2D eigenvalue weighted by atomic mass is 14.2. The first kappa shape index (κ1) is 23.7. The first-order chi connectivity index (χ1) is 13.9. The van der Waals surface area contributed by atoms with Gasteiger partial charge in [0.15, 0.2) is 0 Å². The molecule has 0 aliphatic carbocycles. The molecular weight excluding hydrogens is 348 g/mol. The van der Waals surface area contributed by atoms with Crippen molar-refractivity contribution in [3.8, 4) is 0 Å². The largest absolute Gasteiger partial charge is 0.0625 e. The van der Waals surface area contributed by atoms with E-state index in [4.69, 9.17) is 0 Å². The Morgan fingerprint density at radius 2 is 0.897 bits per heavy atom. The highest BCUT2D eigenvalue weighted by Gasteiger charge is 2.11. The molecule has 29 heavy (non-hydrogen) atoms. The summed E-state index contributed by atoms with van der Waals surface area (Å²) in [6, 6.07) is 18.0. The van der Waals surface area contributed by atoms with Crippen LogP contribution < -0.4 is 0 Å². The van der Waals surface area contributed by atoms with Crippen LogP contribution in [0.5, 0.6) is 0 Å². The summed E-state index contributed by atoms with van der Waals surface area (Å²) in [5.74, 6) is 2.90. The number of hydrogen-bond acceptors (Lipinski definition) is 0. The van der Waals surface area contributed by atoms with E-state index in [1.54, 1.807) is 11.1 Å². The van der Waals surface area contributed by atoms with Crippen LogP contribution in [0.2, 0.25) is 0 Å². The van der Waals surface area contributed by atoms with Crippen LogP contribution >= 0.6 is 0 Å². The summed E-state index contributed by atoms with van der Waals surface area (Å²) >= 11 is 0. The van der Waals surface area contributed by atoms with E-state index in [1.807, 2.05) is 0 Å². The average molecular weight is 393 g/mol. The molecule has 0 aromatic heterocycles. The van der Waals surface area contributed by atoms with Gasteiger partial charge in [0.2, 0.25) is 0 Å². The molecule has 160 valence electrons. The fraction of sp³-hybridized carbons (Fsp3) is 0.586. The predicted octanol–water partition coefficient (Wildman–Crippen LogP) is 8.94. The average Bonchev–Trinajstić information content (AvgIpc) is 2.71. The molecule has 2 unspecified atom stereocenters. The quantitative estimate of drug-likeness (QED) is 0.338. The molecule has 0 radical (unpaired) electrons. The number of benzene rings is 2. The summed E-state index contributed by atoms with van der Waals surface area (Å²) in [7, 11) is 0. The maximum absolute atomic E-state index is 2.45. The third-order valence-corrected chi connectivity index (χ3v) is 6.56. The van der Waals surface area contributed by atoms with Crippen molar-refractivity contribution >= 4 is 0 Å². The maximum atomic E-state index is 2.45. The van der Waals surface area contributed by atoms with E-state index in [0.717, 1.165) is 11.8 Å². The zero-order chi connectivity index (χ0) is 21.2. The topological polar surface area (TPSA) is 0 Å². The number of rotatable bonds is 12. The van der Waals surface area contributed by atoms with Gasteiger partial charge in [-0.2, -0.15) is 0 Å². The zero-order valence-electron chi connectivity index (χ0n) is 19.9. The second kappa shape index (κ2) is 12.2. The van der Waals surface area contributed by atoms with Crippen LogP contribution in [0.1, 0.15) is 108 Å². The molecule has 0 fully saturated rings. The van der Waals surface area contributed by atoms with Crippen molar-refractivity contribution in [2.75, 3.05) is 0 Å². The Hall–Kier alpha value is -1.56. The number of aryl methyl sites for hydroxylation is 2.